The van der Waals surface area contributed by atoms with Crippen molar-refractivity contribution in [1.82, 2.24) is 9.47 Å². The summed E-state index contributed by atoms with van der Waals surface area (Å²) in [6, 6.07) is 18.3. The average molecular weight is 496 g/mol. The van der Waals surface area contributed by atoms with Crippen LogP contribution in [0, 0.1) is 25.2 Å². The van der Waals surface area contributed by atoms with Crippen LogP contribution in [0.3, 0.4) is 0 Å². The molecule has 0 N–H and O–H groups in total. The minimum absolute atomic E-state index is 0.209. The van der Waals surface area contributed by atoms with Crippen LogP contribution in [-0.2, 0) is 12.7 Å². The first kappa shape index (κ1) is 26.5. The van der Waals surface area contributed by atoms with Crippen LogP contribution < -0.4 is 5.56 Å². The Balaban J connectivity index is 0.000000303. The summed E-state index contributed by atoms with van der Waals surface area (Å²) in [6.45, 7) is 3.92. The largest absolute Gasteiger partial charge is 0.416 e. The van der Waals surface area contributed by atoms with Gasteiger partial charge in [0.25, 0.3) is 5.56 Å². The maximum atomic E-state index is 13.2. The minimum Gasteiger partial charge on any atom is -0.346 e. The Kier molecular flexibility index (Phi) is 8.49. The third-order valence-corrected chi connectivity index (χ3v) is 5.53. The van der Waals surface area contributed by atoms with Gasteiger partial charge in [-0.2, -0.15) is 18.4 Å². The van der Waals surface area contributed by atoms with E-state index in [-0.39, 0.29) is 12.2 Å². The van der Waals surface area contributed by atoms with Crippen LogP contribution in [0.25, 0.3) is 11.3 Å². The van der Waals surface area contributed by atoms with Gasteiger partial charge >= 0.3 is 6.18 Å². The molecule has 0 saturated carbocycles. The van der Waals surface area contributed by atoms with Gasteiger partial charge in [-0.3, -0.25) is 4.79 Å². The summed E-state index contributed by atoms with van der Waals surface area (Å²) in [5.41, 5.74) is 2.75. The molecule has 1 aliphatic rings. The maximum absolute atomic E-state index is 13.2. The molecule has 36 heavy (non-hydrogen) atoms. The molecule has 0 bridgehead atoms. The van der Waals surface area contributed by atoms with Crippen LogP contribution in [0.2, 0.25) is 0 Å². The first-order chi connectivity index (χ1) is 17.1. The second kappa shape index (κ2) is 11.5. The lowest BCUT2D eigenvalue weighted by molar-refractivity contribution is -0.137. The van der Waals surface area contributed by atoms with Gasteiger partial charge in [0.1, 0.15) is 0 Å². The highest BCUT2D eigenvalue weighted by molar-refractivity contribution is 5.61. The zero-order chi connectivity index (χ0) is 26.3. The Morgan fingerprint density at radius 3 is 2.14 bits per heavy atom. The fraction of sp³-hybridized carbons (Fsp3) is 0.214. The number of pyridine rings is 1. The summed E-state index contributed by atoms with van der Waals surface area (Å²) in [5.74, 6) is 0. The first-order valence-corrected chi connectivity index (χ1v) is 11.1. The van der Waals surface area contributed by atoms with Crippen LogP contribution in [0.4, 0.5) is 17.6 Å². The fourth-order valence-corrected chi connectivity index (χ4v) is 3.52. The summed E-state index contributed by atoms with van der Waals surface area (Å²) in [5, 5.41) is 8.40. The number of nitriles is 1. The predicted octanol–water partition coefficient (Wildman–Crippen LogP) is 6.39. The van der Waals surface area contributed by atoms with E-state index in [0.29, 0.717) is 23.7 Å². The Morgan fingerprint density at radius 2 is 1.58 bits per heavy atom. The second-order valence-corrected chi connectivity index (χ2v) is 8.41. The summed E-state index contributed by atoms with van der Waals surface area (Å²) in [4.78, 5) is 13.9. The normalized spacial score (nSPS) is 12.9. The number of hydrogen-bond donors (Lipinski definition) is 0. The van der Waals surface area contributed by atoms with E-state index < -0.39 is 24.1 Å². The number of aromatic nitrogens is 1. The standard InChI is InChI=1S/C21H18F3NO.C7H7FN2/c1-14-3-7-16(8-4-14)13-25-19(17-9-5-15(2)6-10-17)11-18(12-20(25)26)21(22,23)24;8-6-10-3-1-2-7(4-9)5-10/h3-12H,13H2,1-2H3;1-3H,5-6H2. The van der Waals surface area contributed by atoms with Crippen molar-refractivity contribution in [2.24, 2.45) is 0 Å². The van der Waals surface area contributed by atoms with Crippen molar-refractivity contribution in [2.75, 3.05) is 13.3 Å². The average Bonchev–Trinajstić information content (AvgIpc) is 2.86. The molecular formula is C28H25F4N3O. The number of benzene rings is 2. The third kappa shape index (κ3) is 6.95. The SMILES string of the molecule is Cc1ccc(Cn2c(-c3ccc(C)cc3)cc(C(F)(F)F)cc2=O)cc1.N#CC1=CC=CN(CF)C1. The van der Waals surface area contributed by atoms with E-state index >= 15 is 0 Å². The molecule has 4 rings (SSSR count). The van der Waals surface area contributed by atoms with Gasteiger partial charge in [0.05, 0.1) is 30.4 Å². The van der Waals surface area contributed by atoms with Gasteiger partial charge in [-0.25, -0.2) is 4.39 Å². The van der Waals surface area contributed by atoms with Gasteiger partial charge in [0, 0.05) is 17.8 Å². The van der Waals surface area contributed by atoms with Gasteiger partial charge in [-0.15, -0.1) is 0 Å². The highest BCUT2D eigenvalue weighted by atomic mass is 19.4. The highest BCUT2D eigenvalue weighted by Crippen LogP contribution is 2.31. The van der Waals surface area contributed by atoms with Crippen molar-refractivity contribution in [1.29, 1.82) is 5.26 Å². The van der Waals surface area contributed by atoms with Crippen molar-refractivity contribution < 1.29 is 17.6 Å². The summed E-state index contributed by atoms with van der Waals surface area (Å²) >= 11 is 0. The molecule has 0 amide bonds. The molecule has 2 aromatic carbocycles. The smallest absolute Gasteiger partial charge is 0.346 e. The van der Waals surface area contributed by atoms with E-state index in [4.69, 9.17) is 5.26 Å². The lowest BCUT2D eigenvalue weighted by Crippen LogP contribution is -2.24. The fourth-order valence-electron chi connectivity index (χ4n) is 3.52. The van der Waals surface area contributed by atoms with Crippen LogP contribution in [-0.4, -0.2) is 22.8 Å². The number of rotatable bonds is 4. The van der Waals surface area contributed by atoms with Crippen molar-refractivity contribution >= 4 is 0 Å². The van der Waals surface area contributed by atoms with Gasteiger partial charge < -0.3 is 9.47 Å². The van der Waals surface area contributed by atoms with E-state index in [1.54, 1.807) is 30.5 Å². The zero-order valence-electron chi connectivity index (χ0n) is 19.9. The molecule has 2 heterocycles. The van der Waals surface area contributed by atoms with E-state index in [9.17, 15) is 22.4 Å². The Bertz CT molecular complexity index is 1350. The molecule has 0 atom stereocenters. The van der Waals surface area contributed by atoms with Crippen molar-refractivity contribution in [3.8, 4) is 17.3 Å². The number of allylic oxidation sites excluding steroid dienone is 2. The Morgan fingerprint density at radius 1 is 0.972 bits per heavy atom. The van der Waals surface area contributed by atoms with E-state index in [0.717, 1.165) is 22.8 Å². The van der Waals surface area contributed by atoms with E-state index in [2.05, 4.69) is 0 Å². The molecule has 4 nitrogen and oxygen atoms in total. The highest BCUT2D eigenvalue weighted by Gasteiger charge is 2.32. The zero-order valence-corrected chi connectivity index (χ0v) is 19.9. The minimum atomic E-state index is -4.57. The molecule has 0 radical (unpaired) electrons. The second-order valence-electron chi connectivity index (χ2n) is 8.41. The Labute approximate surface area is 207 Å². The van der Waals surface area contributed by atoms with E-state index in [1.807, 2.05) is 56.3 Å². The van der Waals surface area contributed by atoms with Crippen molar-refractivity contribution in [3.05, 3.63) is 117 Å². The van der Waals surface area contributed by atoms with Crippen LogP contribution in [0.1, 0.15) is 22.3 Å². The molecule has 0 fully saturated rings. The van der Waals surface area contributed by atoms with Gasteiger partial charge in [-0.05, 0) is 43.2 Å². The van der Waals surface area contributed by atoms with Gasteiger partial charge in [0.15, 0.2) is 6.80 Å². The third-order valence-electron chi connectivity index (χ3n) is 5.53. The predicted molar refractivity (Wildman–Crippen MR) is 132 cm³/mol. The quantitative estimate of drug-likeness (QED) is 0.311. The molecule has 0 unspecified atom stereocenters. The molecule has 0 aliphatic carbocycles. The number of alkyl halides is 4. The Hall–Kier alpha value is -4.12. The van der Waals surface area contributed by atoms with Gasteiger partial charge in [0.2, 0.25) is 0 Å². The summed E-state index contributed by atoms with van der Waals surface area (Å²) < 4.78 is 52.9. The number of nitrogens with zero attached hydrogens (tertiary/aromatic N) is 3. The molecule has 0 saturated heterocycles. The van der Waals surface area contributed by atoms with Gasteiger partial charge in [-0.1, -0.05) is 59.7 Å². The number of hydrogen-bond acceptors (Lipinski definition) is 3. The maximum Gasteiger partial charge on any atom is 0.416 e. The molecule has 1 aliphatic heterocycles. The van der Waals surface area contributed by atoms with Crippen molar-refractivity contribution in [2.45, 2.75) is 26.6 Å². The van der Waals surface area contributed by atoms with Crippen LogP contribution in [0.5, 0.6) is 0 Å². The molecule has 186 valence electrons. The summed E-state index contributed by atoms with van der Waals surface area (Å²) in [6.07, 6.45) is 0.413. The van der Waals surface area contributed by atoms with Crippen LogP contribution in [0.15, 0.2) is 89.4 Å². The molecule has 8 heteroatoms. The molecular weight excluding hydrogens is 470 g/mol. The first-order valence-electron chi connectivity index (χ1n) is 11.1. The lowest BCUT2D eigenvalue weighted by Gasteiger charge is -2.17. The molecule has 3 aromatic rings. The van der Waals surface area contributed by atoms with E-state index in [1.165, 1.54) is 9.47 Å². The molecule has 0 spiro atoms. The number of halogens is 4. The molecule has 1 aromatic heterocycles. The topological polar surface area (TPSA) is 49.0 Å². The lowest BCUT2D eigenvalue weighted by atomic mass is 10.1. The monoisotopic (exact) mass is 495 g/mol. The number of aryl methyl sites for hydroxylation is 2. The van der Waals surface area contributed by atoms with Crippen molar-refractivity contribution in [3.63, 3.8) is 0 Å². The summed E-state index contributed by atoms with van der Waals surface area (Å²) in [7, 11) is 0. The van der Waals surface area contributed by atoms with Crippen LogP contribution >= 0.6 is 0 Å².